The topological polar surface area (TPSA) is 55.0 Å². The Morgan fingerprint density at radius 3 is 2.66 bits per heavy atom. The zero-order valence-corrected chi connectivity index (χ0v) is 17.4. The maximum Gasteiger partial charge on any atom is 0.416 e. The lowest BCUT2D eigenvalue weighted by Crippen LogP contribution is -2.37. The van der Waals surface area contributed by atoms with Crippen molar-refractivity contribution >= 4 is 23.2 Å². The Labute approximate surface area is 187 Å². The molecule has 1 aliphatic rings. The van der Waals surface area contributed by atoms with Gasteiger partial charge in [0.15, 0.2) is 11.9 Å². The van der Waals surface area contributed by atoms with Crippen molar-refractivity contribution in [1.29, 1.82) is 0 Å². The summed E-state index contributed by atoms with van der Waals surface area (Å²) in [5.41, 5.74) is 0.940. The molecule has 1 amide bonds. The number of hydrogen-bond acceptors (Lipinski definition) is 4. The fourth-order valence-electron chi connectivity index (χ4n) is 3.47. The van der Waals surface area contributed by atoms with Crippen LogP contribution in [-0.2, 0) is 17.6 Å². The number of benzene rings is 2. The molecule has 166 valence electrons. The Bertz CT molecular complexity index is 1130. The van der Waals surface area contributed by atoms with E-state index in [2.05, 4.69) is 5.16 Å². The molecule has 9 heteroatoms. The minimum Gasteiger partial charge on any atom is -0.459 e. The number of alkyl halides is 3. The van der Waals surface area contributed by atoms with E-state index >= 15 is 0 Å². The van der Waals surface area contributed by atoms with Crippen LogP contribution in [0.25, 0.3) is 0 Å². The van der Waals surface area contributed by atoms with Gasteiger partial charge in [0.25, 0.3) is 5.91 Å². The normalized spacial score (nSPS) is 15.9. The Balaban J connectivity index is 1.52. The van der Waals surface area contributed by atoms with Gasteiger partial charge in [-0.1, -0.05) is 47.1 Å². The zero-order chi connectivity index (χ0) is 22.7. The molecule has 0 unspecified atom stereocenters. The molecule has 0 fully saturated rings. The van der Waals surface area contributed by atoms with E-state index in [-0.39, 0.29) is 18.8 Å². The molecule has 0 spiro atoms. The molecule has 1 atom stereocenters. The van der Waals surface area contributed by atoms with Crippen LogP contribution in [-0.4, -0.2) is 29.2 Å². The molecule has 5 nitrogen and oxygen atoms in total. The highest BCUT2D eigenvalue weighted by Gasteiger charge is 2.32. The maximum absolute atomic E-state index is 13.1. The molecule has 0 aliphatic carbocycles. The van der Waals surface area contributed by atoms with E-state index in [0.717, 1.165) is 17.7 Å². The number of nitrogens with zero attached hydrogens (tertiary/aromatic N) is 2. The van der Waals surface area contributed by atoms with Crippen molar-refractivity contribution in [2.75, 3.05) is 6.54 Å². The summed E-state index contributed by atoms with van der Waals surface area (Å²) in [6, 6.07) is 15.2. The van der Waals surface area contributed by atoms with Crippen molar-refractivity contribution in [1.82, 2.24) is 4.90 Å². The van der Waals surface area contributed by atoms with Crippen LogP contribution >= 0.6 is 11.6 Å². The molecule has 1 aliphatic heterocycles. The molecular formula is C23H18ClF3N2O3. The first-order chi connectivity index (χ1) is 15.3. The van der Waals surface area contributed by atoms with Crippen LogP contribution in [0, 0.1) is 0 Å². The summed E-state index contributed by atoms with van der Waals surface area (Å²) in [6.07, 6.45) is -3.20. The summed E-state index contributed by atoms with van der Waals surface area (Å²) < 4.78 is 44.5. The van der Waals surface area contributed by atoms with E-state index in [1.807, 2.05) is 12.1 Å². The summed E-state index contributed by atoms with van der Waals surface area (Å²) in [5.74, 6) is -0.371. The lowest BCUT2D eigenvalue weighted by Gasteiger charge is -2.24. The maximum atomic E-state index is 13.1. The standard InChI is InChI=1S/C23H18ClF3N2O3/c24-19-8-2-1-7-18(19)20-12-17(32-28-20)14-29(22(30)21-9-4-10-31-21)13-15-5-3-6-16(11-15)23(25,26)27/h1-11,17H,12-14H2/t17-/m0/s1. The predicted molar refractivity (Wildman–Crippen MR) is 112 cm³/mol. The van der Waals surface area contributed by atoms with Crippen LogP contribution in [0.3, 0.4) is 0 Å². The number of carbonyl (C=O) groups is 1. The fraction of sp³-hybridized carbons (Fsp3) is 0.217. The molecule has 32 heavy (non-hydrogen) atoms. The SMILES string of the molecule is O=C(c1ccco1)N(Cc1cccc(C(F)(F)F)c1)C[C@@H]1CC(c2ccccc2Cl)=NO1. The highest BCUT2D eigenvalue weighted by atomic mass is 35.5. The molecule has 0 radical (unpaired) electrons. The van der Waals surface area contributed by atoms with Gasteiger partial charge in [0.1, 0.15) is 0 Å². The third-order valence-corrected chi connectivity index (χ3v) is 5.32. The summed E-state index contributed by atoms with van der Waals surface area (Å²) in [5, 5.41) is 4.63. The monoisotopic (exact) mass is 462 g/mol. The summed E-state index contributed by atoms with van der Waals surface area (Å²) in [7, 11) is 0. The Kier molecular flexibility index (Phi) is 6.23. The van der Waals surface area contributed by atoms with Crippen molar-refractivity contribution in [2.45, 2.75) is 25.2 Å². The average molecular weight is 463 g/mol. The van der Waals surface area contributed by atoms with Crippen LogP contribution < -0.4 is 0 Å². The quantitative estimate of drug-likeness (QED) is 0.466. The van der Waals surface area contributed by atoms with Gasteiger partial charge in [-0.2, -0.15) is 13.2 Å². The first-order valence-electron chi connectivity index (χ1n) is 9.78. The van der Waals surface area contributed by atoms with Gasteiger partial charge in [0, 0.05) is 23.6 Å². The summed E-state index contributed by atoms with van der Waals surface area (Å²) >= 11 is 6.23. The highest BCUT2D eigenvalue weighted by Crippen LogP contribution is 2.30. The number of hydrogen-bond donors (Lipinski definition) is 0. The van der Waals surface area contributed by atoms with Crippen molar-refractivity contribution in [3.8, 4) is 0 Å². The number of halogens is 4. The van der Waals surface area contributed by atoms with E-state index in [0.29, 0.717) is 22.7 Å². The lowest BCUT2D eigenvalue weighted by atomic mass is 10.0. The molecule has 0 N–H and O–H groups in total. The van der Waals surface area contributed by atoms with Gasteiger partial charge in [-0.15, -0.1) is 0 Å². The van der Waals surface area contributed by atoms with Gasteiger partial charge >= 0.3 is 6.18 Å². The minimum atomic E-state index is -4.47. The van der Waals surface area contributed by atoms with Crippen LogP contribution in [0.4, 0.5) is 13.2 Å². The van der Waals surface area contributed by atoms with Gasteiger partial charge in [0.05, 0.1) is 24.1 Å². The van der Waals surface area contributed by atoms with E-state index in [4.69, 9.17) is 20.9 Å². The largest absolute Gasteiger partial charge is 0.459 e. The minimum absolute atomic E-state index is 0.0509. The first kappa shape index (κ1) is 22.0. The summed E-state index contributed by atoms with van der Waals surface area (Å²) in [4.78, 5) is 19.9. The molecule has 4 rings (SSSR count). The van der Waals surface area contributed by atoms with Gasteiger partial charge < -0.3 is 14.2 Å². The second kappa shape index (κ2) is 9.08. The molecule has 0 saturated carbocycles. The van der Waals surface area contributed by atoms with Gasteiger partial charge in [0.2, 0.25) is 0 Å². The Morgan fingerprint density at radius 2 is 1.94 bits per heavy atom. The van der Waals surface area contributed by atoms with E-state index in [1.54, 1.807) is 24.3 Å². The Morgan fingerprint density at radius 1 is 1.12 bits per heavy atom. The van der Waals surface area contributed by atoms with Crippen LogP contribution in [0.2, 0.25) is 5.02 Å². The molecule has 2 aromatic carbocycles. The van der Waals surface area contributed by atoms with Gasteiger partial charge in [-0.3, -0.25) is 4.79 Å². The van der Waals surface area contributed by atoms with Crippen LogP contribution in [0.1, 0.15) is 33.7 Å². The molecule has 0 saturated heterocycles. The molecule has 3 aromatic rings. The third kappa shape index (κ3) is 4.96. The van der Waals surface area contributed by atoms with E-state index in [9.17, 15) is 18.0 Å². The highest BCUT2D eigenvalue weighted by molar-refractivity contribution is 6.34. The van der Waals surface area contributed by atoms with E-state index < -0.39 is 23.8 Å². The molecule has 0 bridgehead atoms. The zero-order valence-electron chi connectivity index (χ0n) is 16.7. The Hall–Kier alpha value is -3.26. The van der Waals surface area contributed by atoms with Crippen molar-refractivity contribution in [3.05, 3.63) is 94.4 Å². The van der Waals surface area contributed by atoms with Crippen LogP contribution in [0.5, 0.6) is 0 Å². The smallest absolute Gasteiger partial charge is 0.416 e. The molecular weight excluding hydrogens is 445 g/mol. The van der Waals surface area contributed by atoms with Gasteiger partial charge in [-0.25, -0.2) is 0 Å². The first-order valence-corrected chi connectivity index (χ1v) is 10.2. The number of amides is 1. The molecule has 1 aromatic heterocycles. The van der Waals surface area contributed by atoms with Gasteiger partial charge in [-0.05, 0) is 35.9 Å². The summed E-state index contributed by atoms with van der Waals surface area (Å²) in [6.45, 7) is 0.0535. The molecule has 2 heterocycles. The van der Waals surface area contributed by atoms with E-state index in [1.165, 1.54) is 23.3 Å². The third-order valence-electron chi connectivity index (χ3n) is 4.99. The van der Waals surface area contributed by atoms with Crippen molar-refractivity contribution in [2.24, 2.45) is 5.16 Å². The average Bonchev–Trinajstić information content (AvgIpc) is 3.45. The second-order valence-corrected chi connectivity index (χ2v) is 7.72. The predicted octanol–water partition coefficient (Wildman–Crippen LogP) is 5.79. The second-order valence-electron chi connectivity index (χ2n) is 7.31. The van der Waals surface area contributed by atoms with Crippen LogP contribution in [0.15, 0.2) is 76.5 Å². The number of carbonyl (C=O) groups excluding carboxylic acids is 1. The number of furan rings is 1. The lowest BCUT2D eigenvalue weighted by molar-refractivity contribution is -0.137. The number of rotatable bonds is 6. The van der Waals surface area contributed by atoms with Crippen molar-refractivity contribution in [3.63, 3.8) is 0 Å². The number of oxime groups is 1. The fourth-order valence-corrected chi connectivity index (χ4v) is 3.71. The van der Waals surface area contributed by atoms with Crippen molar-refractivity contribution < 1.29 is 27.2 Å².